The van der Waals surface area contributed by atoms with Gasteiger partial charge in [-0.3, -0.25) is 4.79 Å². The fourth-order valence-corrected chi connectivity index (χ4v) is 4.87. The summed E-state index contributed by atoms with van der Waals surface area (Å²) in [6.45, 7) is 1.98. The average Bonchev–Trinajstić information content (AvgIpc) is 3.25. The van der Waals surface area contributed by atoms with E-state index in [0.29, 0.717) is 29.7 Å². The molecule has 0 radical (unpaired) electrons. The molecule has 0 N–H and O–H groups in total. The van der Waals surface area contributed by atoms with E-state index in [1.807, 2.05) is 31.2 Å². The molecule has 0 saturated heterocycles. The van der Waals surface area contributed by atoms with Crippen molar-refractivity contribution < 1.29 is 13.7 Å². The molecule has 6 heteroatoms. The first-order chi connectivity index (χ1) is 15.4. The van der Waals surface area contributed by atoms with E-state index in [-0.39, 0.29) is 23.5 Å². The Kier molecular flexibility index (Phi) is 6.80. The first-order valence-corrected chi connectivity index (χ1v) is 11.3. The van der Waals surface area contributed by atoms with E-state index in [1.54, 1.807) is 24.3 Å². The van der Waals surface area contributed by atoms with E-state index in [2.05, 4.69) is 29.1 Å². The van der Waals surface area contributed by atoms with Gasteiger partial charge >= 0.3 is 0 Å². The summed E-state index contributed by atoms with van der Waals surface area (Å²) in [5.74, 6) is 1.23. The minimum absolute atomic E-state index is 0.126. The Hall–Kier alpha value is -2.86. The van der Waals surface area contributed by atoms with E-state index in [4.69, 9.17) is 4.52 Å². The third kappa shape index (κ3) is 5.13. The largest absolute Gasteiger partial charge is 0.339 e. The molecule has 32 heavy (non-hydrogen) atoms. The lowest BCUT2D eigenvalue weighted by Crippen LogP contribution is -2.30. The lowest BCUT2D eigenvalue weighted by atomic mass is 9.75. The van der Waals surface area contributed by atoms with E-state index >= 15 is 0 Å². The first kappa shape index (κ1) is 22.3. The Morgan fingerprint density at radius 1 is 1.06 bits per heavy atom. The lowest BCUT2D eigenvalue weighted by molar-refractivity contribution is 0.102. The number of nitrogens with zero attached hydrogens (tertiary/aromatic N) is 3. The Morgan fingerprint density at radius 2 is 1.72 bits per heavy atom. The van der Waals surface area contributed by atoms with Gasteiger partial charge in [-0.05, 0) is 76.2 Å². The van der Waals surface area contributed by atoms with Crippen molar-refractivity contribution in [3.05, 3.63) is 82.8 Å². The number of halogens is 1. The van der Waals surface area contributed by atoms with Gasteiger partial charge in [0.2, 0.25) is 17.5 Å². The molecule has 1 atom stereocenters. The first-order valence-electron chi connectivity index (χ1n) is 11.3. The van der Waals surface area contributed by atoms with Gasteiger partial charge in [-0.1, -0.05) is 47.1 Å². The average molecular weight is 436 g/mol. The second-order valence-electron chi connectivity index (χ2n) is 9.15. The van der Waals surface area contributed by atoms with Gasteiger partial charge in [0, 0.05) is 18.0 Å². The normalized spacial score (nSPS) is 19.8. The van der Waals surface area contributed by atoms with E-state index in [9.17, 15) is 9.18 Å². The van der Waals surface area contributed by atoms with Crippen molar-refractivity contribution in [2.75, 3.05) is 14.1 Å². The molecule has 1 aliphatic rings. The predicted molar refractivity (Wildman–Crippen MR) is 121 cm³/mol. The van der Waals surface area contributed by atoms with Gasteiger partial charge in [0.25, 0.3) is 0 Å². The van der Waals surface area contributed by atoms with Crippen molar-refractivity contribution in [2.24, 2.45) is 11.8 Å². The summed E-state index contributed by atoms with van der Waals surface area (Å²) in [4.78, 5) is 19.2. The molecule has 1 heterocycles. The van der Waals surface area contributed by atoms with Gasteiger partial charge in [0.15, 0.2) is 0 Å². The molecule has 1 fully saturated rings. The van der Waals surface area contributed by atoms with Crippen LogP contribution in [-0.2, 0) is 6.42 Å². The molecule has 1 unspecified atom stereocenters. The summed E-state index contributed by atoms with van der Waals surface area (Å²) in [6.07, 6.45) is 5.02. The van der Waals surface area contributed by atoms with Crippen LogP contribution in [0.4, 0.5) is 4.39 Å². The number of benzene rings is 2. The van der Waals surface area contributed by atoms with Crippen LogP contribution in [0.2, 0.25) is 0 Å². The van der Waals surface area contributed by atoms with Gasteiger partial charge in [0.1, 0.15) is 5.82 Å². The highest BCUT2D eigenvalue weighted by Gasteiger charge is 2.31. The number of carbonyl (C=O) groups is 1. The minimum Gasteiger partial charge on any atom is -0.339 e. The summed E-state index contributed by atoms with van der Waals surface area (Å²) in [5, 5.41) is 3.92. The summed E-state index contributed by atoms with van der Waals surface area (Å²) >= 11 is 0. The maximum Gasteiger partial charge on any atom is 0.243 e. The van der Waals surface area contributed by atoms with Gasteiger partial charge in [-0.15, -0.1) is 0 Å². The standard InChI is InChI=1S/C26H30FN3O2/c1-17-4-8-21(9-5-17)25(31)26-28-23(32-29-26)16-18-6-10-19(11-7-18)24(30(2)3)20-12-14-22(27)15-13-20/h4-5,8-9,12-15,18-19,24H,6-7,10-11,16H2,1-3H3. The van der Waals surface area contributed by atoms with Crippen LogP contribution in [0.25, 0.3) is 0 Å². The van der Waals surface area contributed by atoms with Crippen LogP contribution in [0.5, 0.6) is 0 Å². The fourth-order valence-electron chi connectivity index (χ4n) is 4.87. The second kappa shape index (κ2) is 9.74. The maximum absolute atomic E-state index is 13.4. The molecule has 168 valence electrons. The molecule has 1 saturated carbocycles. The van der Waals surface area contributed by atoms with Crippen molar-refractivity contribution in [3.8, 4) is 0 Å². The molecule has 0 aliphatic heterocycles. The number of rotatable bonds is 7. The lowest BCUT2D eigenvalue weighted by Gasteiger charge is -2.37. The Morgan fingerprint density at radius 3 is 2.34 bits per heavy atom. The van der Waals surface area contributed by atoms with Crippen molar-refractivity contribution >= 4 is 5.78 Å². The molecule has 0 spiro atoms. The highest BCUT2D eigenvalue weighted by Crippen LogP contribution is 2.40. The van der Waals surface area contributed by atoms with Crippen LogP contribution in [-0.4, -0.2) is 34.9 Å². The summed E-state index contributed by atoms with van der Waals surface area (Å²) in [7, 11) is 4.18. The number of hydrogen-bond donors (Lipinski definition) is 0. The number of ketones is 1. The third-order valence-electron chi connectivity index (χ3n) is 6.55. The van der Waals surface area contributed by atoms with Crippen molar-refractivity contribution in [1.82, 2.24) is 15.0 Å². The van der Waals surface area contributed by atoms with E-state index < -0.39 is 0 Å². The predicted octanol–water partition coefficient (Wildman–Crippen LogP) is 5.40. The molecule has 2 aromatic carbocycles. The minimum atomic E-state index is -0.211. The molecule has 3 aromatic rings. The summed E-state index contributed by atoms with van der Waals surface area (Å²) < 4.78 is 18.8. The number of carbonyl (C=O) groups excluding carboxylic acids is 1. The molecule has 0 bridgehead atoms. The monoisotopic (exact) mass is 435 g/mol. The van der Waals surface area contributed by atoms with Crippen LogP contribution in [0, 0.1) is 24.6 Å². The van der Waals surface area contributed by atoms with Crippen LogP contribution >= 0.6 is 0 Å². The molecule has 5 nitrogen and oxygen atoms in total. The van der Waals surface area contributed by atoms with Crippen molar-refractivity contribution in [1.29, 1.82) is 0 Å². The van der Waals surface area contributed by atoms with Gasteiger partial charge in [-0.2, -0.15) is 4.98 Å². The van der Waals surface area contributed by atoms with Gasteiger partial charge < -0.3 is 9.42 Å². The Bertz CT molecular complexity index is 1040. The SMILES string of the molecule is Cc1ccc(C(=O)c2noc(CC3CCC(C(c4ccc(F)cc4)N(C)C)CC3)n2)cc1. The van der Waals surface area contributed by atoms with Crippen molar-refractivity contribution in [3.63, 3.8) is 0 Å². The molecular weight excluding hydrogens is 405 g/mol. The van der Waals surface area contributed by atoms with Crippen LogP contribution < -0.4 is 0 Å². The zero-order valence-electron chi connectivity index (χ0n) is 18.9. The highest BCUT2D eigenvalue weighted by molar-refractivity contribution is 6.06. The quantitative estimate of drug-likeness (QED) is 0.465. The number of hydrogen-bond acceptors (Lipinski definition) is 5. The highest BCUT2D eigenvalue weighted by atomic mass is 19.1. The molecular formula is C26H30FN3O2. The van der Waals surface area contributed by atoms with Gasteiger partial charge in [-0.25, -0.2) is 4.39 Å². The molecule has 1 aromatic heterocycles. The second-order valence-corrected chi connectivity index (χ2v) is 9.15. The molecule has 4 rings (SSSR count). The van der Waals surface area contributed by atoms with Crippen LogP contribution in [0.3, 0.4) is 0 Å². The fraction of sp³-hybridized carbons (Fsp3) is 0.423. The molecule has 1 aliphatic carbocycles. The Labute approximate surface area is 188 Å². The maximum atomic E-state index is 13.4. The topological polar surface area (TPSA) is 59.2 Å². The van der Waals surface area contributed by atoms with Crippen LogP contribution in [0.1, 0.15) is 64.9 Å². The third-order valence-corrected chi connectivity index (χ3v) is 6.55. The number of aryl methyl sites for hydroxylation is 1. The van der Waals surface area contributed by atoms with Crippen LogP contribution in [0.15, 0.2) is 53.1 Å². The van der Waals surface area contributed by atoms with E-state index in [0.717, 1.165) is 36.8 Å². The van der Waals surface area contributed by atoms with Crippen molar-refractivity contribution in [2.45, 2.75) is 45.1 Å². The summed E-state index contributed by atoms with van der Waals surface area (Å²) in [5.41, 5.74) is 2.83. The Balaban J connectivity index is 1.35. The summed E-state index contributed by atoms with van der Waals surface area (Å²) in [6, 6.07) is 14.5. The zero-order chi connectivity index (χ0) is 22.7. The number of aromatic nitrogens is 2. The van der Waals surface area contributed by atoms with Gasteiger partial charge in [0.05, 0.1) is 0 Å². The zero-order valence-corrected chi connectivity index (χ0v) is 18.9. The van der Waals surface area contributed by atoms with E-state index in [1.165, 1.54) is 0 Å². The smallest absolute Gasteiger partial charge is 0.243 e. The molecule has 0 amide bonds.